The predicted octanol–water partition coefficient (Wildman–Crippen LogP) is 3.64. The lowest BCUT2D eigenvalue weighted by Crippen LogP contribution is -2.12. The van der Waals surface area contributed by atoms with E-state index in [1.165, 1.54) is 12.8 Å². The molecule has 0 amide bonds. The zero-order chi connectivity index (χ0) is 13.7. The van der Waals surface area contributed by atoms with Crippen LogP contribution in [0.1, 0.15) is 31.2 Å². The number of methoxy groups -OCH3 is 1. The van der Waals surface area contributed by atoms with E-state index in [4.69, 9.17) is 26.8 Å². The van der Waals surface area contributed by atoms with Gasteiger partial charge in [0.25, 0.3) is 0 Å². The first-order chi connectivity index (χ1) is 9.24. The van der Waals surface area contributed by atoms with Crippen molar-refractivity contribution in [3.63, 3.8) is 0 Å². The Morgan fingerprint density at radius 1 is 1.37 bits per heavy atom. The molecule has 1 aliphatic rings. The van der Waals surface area contributed by atoms with Gasteiger partial charge in [-0.1, -0.05) is 23.8 Å². The number of ether oxygens (including phenoxy) is 2. The van der Waals surface area contributed by atoms with Gasteiger partial charge in [-0.25, -0.2) is 0 Å². The van der Waals surface area contributed by atoms with E-state index in [1.807, 2.05) is 24.3 Å². The van der Waals surface area contributed by atoms with E-state index in [-0.39, 0.29) is 6.10 Å². The van der Waals surface area contributed by atoms with Crippen LogP contribution < -0.4 is 15.2 Å². The number of hydrogen-bond acceptors (Lipinski definition) is 3. The molecule has 0 aromatic heterocycles. The first kappa shape index (κ1) is 14.2. The van der Waals surface area contributed by atoms with E-state index in [9.17, 15) is 0 Å². The normalized spacial score (nSPS) is 16.2. The third-order valence-corrected chi connectivity index (χ3v) is 3.57. The molecule has 1 aromatic carbocycles. The summed E-state index contributed by atoms with van der Waals surface area (Å²) < 4.78 is 11.4. The average Bonchev–Trinajstić information content (AvgIpc) is 2.91. The van der Waals surface area contributed by atoms with Crippen LogP contribution in [0.4, 0.5) is 0 Å². The number of nitrogens with two attached hydrogens (primary N) is 1. The van der Waals surface area contributed by atoms with Crippen molar-refractivity contribution in [2.75, 3.05) is 13.7 Å². The van der Waals surface area contributed by atoms with Crippen LogP contribution in [0, 0.1) is 0 Å². The van der Waals surface area contributed by atoms with Crippen molar-refractivity contribution in [3.05, 3.63) is 28.8 Å². The van der Waals surface area contributed by atoms with Crippen LogP contribution >= 0.6 is 11.6 Å². The van der Waals surface area contributed by atoms with Crippen molar-refractivity contribution in [2.24, 2.45) is 5.73 Å². The van der Waals surface area contributed by atoms with Gasteiger partial charge in [0.15, 0.2) is 11.5 Å². The fourth-order valence-electron chi connectivity index (χ4n) is 2.33. The summed E-state index contributed by atoms with van der Waals surface area (Å²) in [6.45, 7) is 0.500. The molecule has 19 heavy (non-hydrogen) atoms. The molecule has 0 atom stereocenters. The van der Waals surface area contributed by atoms with Crippen LogP contribution in [-0.2, 0) is 0 Å². The highest BCUT2D eigenvalue weighted by Crippen LogP contribution is 2.39. The Labute approximate surface area is 119 Å². The van der Waals surface area contributed by atoms with Gasteiger partial charge in [-0.05, 0) is 43.4 Å². The van der Waals surface area contributed by atoms with Gasteiger partial charge in [0.2, 0.25) is 0 Å². The summed E-state index contributed by atoms with van der Waals surface area (Å²) in [6, 6.07) is 3.79. The first-order valence-corrected chi connectivity index (χ1v) is 7.03. The third-order valence-electron chi connectivity index (χ3n) is 3.28. The zero-order valence-electron chi connectivity index (χ0n) is 11.2. The van der Waals surface area contributed by atoms with Crippen molar-refractivity contribution >= 4 is 17.7 Å². The summed E-state index contributed by atoms with van der Waals surface area (Å²) in [5.74, 6) is 1.33. The lowest BCUT2D eigenvalue weighted by Gasteiger charge is -2.17. The highest BCUT2D eigenvalue weighted by atomic mass is 35.5. The lowest BCUT2D eigenvalue weighted by atomic mass is 10.2. The standard InChI is InChI=1S/C15H20ClNO2/c1-18-14-10-11(5-4-8-17)9-13(16)15(14)19-12-6-2-3-7-12/h4-5,9-10,12H,2-3,6-8,17H2,1H3/b5-4+. The molecule has 0 bridgehead atoms. The van der Waals surface area contributed by atoms with Gasteiger partial charge in [-0.3, -0.25) is 0 Å². The van der Waals surface area contributed by atoms with Gasteiger partial charge in [0, 0.05) is 6.54 Å². The predicted molar refractivity (Wildman–Crippen MR) is 79.0 cm³/mol. The topological polar surface area (TPSA) is 44.5 Å². The molecule has 104 valence electrons. The summed E-state index contributed by atoms with van der Waals surface area (Å²) in [4.78, 5) is 0. The van der Waals surface area contributed by atoms with Crippen LogP contribution in [0.2, 0.25) is 5.02 Å². The molecule has 2 rings (SSSR count). The number of benzene rings is 1. The fraction of sp³-hybridized carbons (Fsp3) is 0.467. The molecule has 3 nitrogen and oxygen atoms in total. The Kier molecular flexibility index (Phi) is 5.11. The quantitative estimate of drug-likeness (QED) is 0.896. The van der Waals surface area contributed by atoms with Crippen LogP contribution in [0.15, 0.2) is 18.2 Å². The molecule has 1 aromatic rings. The SMILES string of the molecule is COc1cc(/C=C/CN)cc(Cl)c1OC1CCCC1. The highest BCUT2D eigenvalue weighted by molar-refractivity contribution is 6.32. The van der Waals surface area contributed by atoms with Crippen molar-refractivity contribution < 1.29 is 9.47 Å². The number of hydrogen-bond donors (Lipinski definition) is 1. The Bertz CT molecular complexity index is 454. The molecular weight excluding hydrogens is 262 g/mol. The van der Waals surface area contributed by atoms with Crippen molar-refractivity contribution in [1.29, 1.82) is 0 Å². The smallest absolute Gasteiger partial charge is 0.180 e. The monoisotopic (exact) mass is 281 g/mol. The minimum atomic E-state index is 0.261. The molecule has 1 aliphatic carbocycles. The summed E-state index contributed by atoms with van der Waals surface area (Å²) in [6.07, 6.45) is 8.69. The van der Waals surface area contributed by atoms with Gasteiger partial charge in [-0.15, -0.1) is 0 Å². The molecule has 2 N–H and O–H groups in total. The summed E-state index contributed by atoms with van der Waals surface area (Å²) in [7, 11) is 1.63. The minimum Gasteiger partial charge on any atom is -0.493 e. The van der Waals surface area contributed by atoms with E-state index in [1.54, 1.807) is 7.11 Å². The number of rotatable bonds is 5. The van der Waals surface area contributed by atoms with Crippen LogP contribution in [0.5, 0.6) is 11.5 Å². The fourth-order valence-corrected chi connectivity index (χ4v) is 2.59. The summed E-state index contributed by atoms with van der Waals surface area (Å²) in [5, 5.41) is 0.586. The van der Waals surface area contributed by atoms with Crippen molar-refractivity contribution in [1.82, 2.24) is 0 Å². The Hall–Kier alpha value is -1.19. The first-order valence-electron chi connectivity index (χ1n) is 6.65. The summed E-state index contributed by atoms with van der Waals surface area (Å²) in [5.41, 5.74) is 6.41. The van der Waals surface area contributed by atoms with Gasteiger partial charge < -0.3 is 15.2 Å². The lowest BCUT2D eigenvalue weighted by molar-refractivity contribution is 0.201. The highest BCUT2D eigenvalue weighted by Gasteiger charge is 2.20. The molecule has 0 radical (unpaired) electrons. The maximum Gasteiger partial charge on any atom is 0.180 e. The second-order valence-electron chi connectivity index (χ2n) is 4.70. The number of halogens is 1. The maximum atomic E-state index is 6.30. The van der Waals surface area contributed by atoms with Gasteiger partial charge in [-0.2, -0.15) is 0 Å². The van der Waals surface area contributed by atoms with E-state index >= 15 is 0 Å². The third kappa shape index (κ3) is 3.64. The Morgan fingerprint density at radius 2 is 2.11 bits per heavy atom. The Morgan fingerprint density at radius 3 is 2.74 bits per heavy atom. The second-order valence-corrected chi connectivity index (χ2v) is 5.10. The van der Waals surface area contributed by atoms with E-state index in [0.29, 0.717) is 23.1 Å². The molecule has 1 saturated carbocycles. The van der Waals surface area contributed by atoms with E-state index in [0.717, 1.165) is 18.4 Å². The molecule has 0 spiro atoms. The van der Waals surface area contributed by atoms with Gasteiger partial charge in [0.05, 0.1) is 18.2 Å². The van der Waals surface area contributed by atoms with Crippen LogP contribution in [-0.4, -0.2) is 19.8 Å². The largest absolute Gasteiger partial charge is 0.493 e. The van der Waals surface area contributed by atoms with Gasteiger partial charge >= 0.3 is 0 Å². The second kappa shape index (κ2) is 6.83. The zero-order valence-corrected chi connectivity index (χ0v) is 12.0. The molecule has 1 fully saturated rings. The molecular formula is C15H20ClNO2. The molecule has 0 aliphatic heterocycles. The van der Waals surface area contributed by atoms with E-state index in [2.05, 4.69) is 0 Å². The molecule has 4 heteroatoms. The maximum absolute atomic E-state index is 6.30. The Balaban J connectivity index is 2.23. The molecule has 0 heterocycles. The van der Waals surface area contributed by atoms with Crippen molar-refractivity contribution in [3.8, 4) is 11.5 Å². The van der Waals surface area contributed by atoms with Crippen LogP contribution in [0.3, 0.4) is 0 Å². The summed E-state index contributed by atoms with van der Waals surface area (Å²) >= 11 is 6.30. The van der Waals surface area contributed by atoms with Crippen LogP contribution in [0.25, 0.3) is 6.08 Å². The van der Waals surface area contributed by atoms with Gasteiger partial charge in [0.1, 0.15) is 0 Å². The molecule has 0 unspecified atom stereocenters. The minimum absolute atomic E-state index is 0.261. The van der Waals surface area contributed by atoms with Crippen molar-refractivity contribution in [2.45, 2.75) is 31.8 Å². The average molecular weight is 282 g/mol. The van der Waals surface area contributed by atoms with E-state index < -0.39 is 0 Å². The molecule has 0 saturated heterocycles.